The van der Waals surface area contributed by atoms with Crippen LogP contribution in [0.4, 0.5) is 5.69 Å². The van der Waals surface area contributed by atoms with Gasteiger partial charge in [-0.15, -0.1) is 0 Å². The van der Waals surface area contributed by atoms with Crippen LogP contribution in [-0.4, -0.2) is 41.4 Å². The van der Waals surface area contributed by atoms with Gasteiger partial charge in [0.15, 0.2) is 0 Å². The van der Waals surface area contributed by atoms with Crippen molar-refractivity contribution in [3.63, 3.8) is 0 Å². The highest BCUT2D eigenvalue weighted by Gasteiger charge is 2.29. The molecule has 7 heteroatoms. The zero-order chi connectivity index (χ0) is 20.2. The molecule has 2 aliphatic heterocycles. The number of amides is 2. The Bertz CT molecular complexity index is 801. The SMILES string of the molecule is CC(CCCC(=O)NC1CCCCC1)Oc1ccc2c(c1)CN1CC(=O)NC1=N2. The Kier molecular flexibility index (Phi) is 6.02. The number of rotatable bonds is 7. The molecular formula is C22H30N4O3. The van der Waals surface area contributed by atoms with E-state index in [0.717, 1.165) is 42.7 Å². The summed E-state index contributed by atoms with van der Waals surface area (Å²) in [4.78, 5) is 30.1. The Morgan fingerprint density at radius 1 is 1.31 bits per heavy atom. The predicted octanol–water partition coefficient (Wildman–Crippen LogP) is 3.01. The van der Waals surface area contributed by atoms with E-state index in [1.807, 2.05) is 30.0 Å². The van der Waals surface area contributed by atoms with Crippen LogP contribution in [0, 0.1) is 0 Å². The summed E-state index contributed by atoms with van der Waals surface area (Å²) < 4.78 is 6.06. The molecule has 156 valence electrons. The van der Waals surface area contributed by atoms with E-state index in [0.29, 0.717) is 31.5 Å². The number of fused-ring (bicyclic) bond motifs is 2. The number of aliphatic imine (C=N–C) groups is 1. The molecule has 0 aromatic heterocycles. The summed E-state index contributed by atoms with van der Waals surface area (Å²) in [6.45, 7) is 3.04. The van der Waals surface area contributed by atoms with Crippen molar-refractivity contribution in [1.29, 1.82) is 0 Å². The van der Waals surface area contributed by atoms with Gasteiger partial charge >= 0.3 is 0 Å². The van der Waals surface area contributed by atoms with Crippen molar-refractivity contribution in [1.82, 2.24) is 15.5 Å². The van der Waals surface area contributed by atoms with Crippen molar-refractivity contribution < 1.29 is 14.3 Å². The first kappa shape index (κ1) is 19.7. The molecule has 2 heterocycles. The highest BCUT2D eigenvalue weighted by Crippen LogP contribution is 2.31. The van der Waals surface area contributed by atoms with Gasteiger partial charge in [-0.25, -0.2) is 4.99 Å². The molecule has 4 rings (SSSR count). The van der Waals surface area contributed by atoms with Gasteiger partial charge in [-0.1, -0.05) is 19.3 Å². The fraction of sp³-hybridized carbons (Fsp3) is 0.591. The topological polar surface area (TPSA) is 83.0 Å². The minimum absolute atomic E-state index is 0.0193. The van der Waals surface area contributed by atoms with Crippen molar-refractivity contribution in [2.45, 2.75) is 77.0 Å². The molecule has 1 aromatic rings. The van der Waals surface area contributed by atoms with E-state index in [4.69, 9.17) is 4.74 Å². The number of ether oxygens (including phenoxy) is 1. The lowest BCUT2D eigenvalue weighted by Crippen LogP contribution is -2.36. The van der Waals surface area contributed by atoms with Gasteiger partial charge in [0, 0.05) is 24.6 Å². The van der Waals surface area contributed by atoms with Gasteiger partial charge in [-0.05, 0) is 50.8 Å². The Balaban J connectivity index is 1.22. The minimum atomic E-state index is -0.0193. The van der Waals surface area contributed by atoms with Crippen LogP contribution in [0.5, 0.6) is 5.75 Å². The molecule has 29 heavy (non-hydrogen) atoms. The normalized spacial score (nSPS) is 19.7. The summed E-state index contributed by atoms with van der Waals surface area (Å²) in [6, 6.07) is 6.24. The molecule has 1 unspecified atom stereocenters. The number of benzene rings is 1. The largest absolute Gasteiger partial charge is 0.491 e. The third-order valence-electron chi connectivity index (χ3n) is 5.85. The fourth-order valence-electron chi connectivity index (χ4n) is 4.30. The first-order valence-corrected chi connectivity index (χ1v) is 10.8. The lowest BCUT2D eigenvalue weighted by Gasteiger charge is -2.24. The number of carbonyl (C=O) groups excluding carboxylic acids is 2. The van der Waals surface area contributed by atoms with Gasteiger partial charge in [0.25, 0.3) is 0 Å². The number of hydrogen-bond acceptors (Lipinski definition) is 5. The Hall–Kier alpha value is -2.57. The summed E-state index contributed by atoms with van der Waals surface area (Å²) in [7, 11) is 0. The van der Waals surface area contributed by atoms with Gasteiger partial charge in [0.05, 0.1) is 11.8 Å². The van der Waals surface area contributed by atoms with E-state index in [-0.39, 0.29) is 17.9 Å². The van der Waals surface area contributed by atoms with Crippen molar-refractivity contribution in [3.05, 3.63) is 23.8 Å². The molecule has 1 saturated heterocycles. The maximum Gasteiger partial charge on any atom is 0.246 e. The van der Waals surface area contributed by atoms with Crippen LogP contribution in [0.1, 0.15) is 63.9 Å². The summed E-state index contributed by atoms with van der Waals surface area (Å²) in [5.41, 5.74) is 1.93. The lowest BCUT2D eigenvalue weighted by molar-refractivity contribution is -0.122. The molecule has 1 atom stereocenters. The maximum atomic E-state index is 12.1. The van der Waals surface area contributed by atoms with E-state index in [1.54, 1.807) is 0 Å². The summed E-state index contributed by atoms with van der Waals surface area (Å²) in [6.07, 6.45) is 8.25. The van der Waals surface area contributed by atoms with Crippen molar-refractivity contribution in [2.24, 2.45) is 4.99 Å². The molecule has 0 bridgehead atoms. The third-order valence-corrected chi connectivity index (χ3v) is 5.85. The van der Waals surface area contributed by atoms with E-state index in [2.05, 4.69) is 15.6 Å². The number of nitrogens with zero attached hydrogens (tertiary/aromatic N) is 2. The highest BCUT2D eigenvalue weighted by molar-refractivity contribution is 6.05. The smallest absolute Gasteiger partial charge is 0.246 e. The number of guanidine groups is 1. The first-order valence-electron chi connectivity index (χ1n) is 10.8. The van der Waals surface area contributed by atoms with E-state index < -0.39 is 0 Å². The molecule has 3 aliphatic rings. The van der Waals surface area contributed by atoms with Crippen molar-refractivity contribution >= 4 is 23.5 Å². The predicted molar refractivity (Wildman–Crippen MR) is 111 cm³/mol. The van der Waals surface area contributed by atoms with Crippen LogP contribution >= 0.6 is 0 Å². The first-order chi connectivity index (χ1) is 14.1. The second-order valence-electron chi connectivity index (χ2n) is 8.35. The van der Waals surface area contributed by atoms with E-state index in [1.165, 1.54) is 19.3 Å². The zero-order valence-corrected chi connectivity index (χ0v) is 17.1. The molecule has 2 amide bonds. The average Bonchev–Trinajstić information content (AvgIpc) is 3.05. The van der Waals surface area contributed by atoms with Crippen molar-refractivity contribution in [3.8, 4) is 5.75 Å². The minimum Gasteiger partial charge on any atom is -0.491 e. The highest BCUT2D eigenvalue weighted by atomic mass is 16.5. The molecule has 0 spiro atoms. The van der Waals surface area contributed by atoms with Crippen LogP contribution in [-0.2, 0) is 16.1 Å². The van der Waals surface area contributed by atoms with E-state index >= 15 is 0 Å². The van der Waals surface area contributed by atoms with Gasteiger partial charge in [0.1, 0.15) is 12.3 Å². The molecule has 1 saturated carbocycles. The summed E-state index contributed by atoms with van der Waals surface area (Å²) in [5, 5.41) is 5.95. The number of nitrogens with one attached hydrogen (secondary N) is 2. The van der Waals surface area contributed by atoms with Crippen LogP contribution in [0.15, 0.2) is 23.2 Å². The molecule has 7 nitrogen and oxygen atoms in total. The second kappa shape index (κ2) is 8.84. The molecule has 2 fully saturated rings. The average molecular weight is 399 g/mol. The Morgan fingerprint density at radius 2 is 2.14 bits per heavy atom. The van der Waals surface area contributed by atoms with Crippen LogP contribution in [0.25, 0.3) is 0 Å². The number of carbonyl (C=O) groups is 2. The third kappa shape index (κ3) is 5.08. The Labute approximate surface area is 171 Å². The zero-order valence-electron chi connectivity index (χ0n) is 17.1. The molecule has 1 aromatic carbocycles. The number of hydrogen-bond donors (Lipinski definition) is 2. The van der Waals surface area contributed by atoms with Crippen LogP contribution < -0.4 is 15.4 Å². The van der Waals surface area contributed by atoms with E-state index in [9.17, 15) is 9.59 Å². The van der Waals surface area contributed by atoms with Crippen LogP contribution in [0.3, 0.4) is 0 Å². The van der Waals surface area contributed by atoms with Crippen LogP contribution in [0.2, 0.25) is 0 Å². The lowest BCUT2D eigenvalue weighted by atomic mass is 9.95. The summed E-state index contributed by atoms with van der Waals surface area (Å²) >= 11 is 0. The quantitative estimate of drug-likeness (QED) is 0.740. The second-order valence-corrected chi connectivity index (χ2v) is 8.35. The molecule has 1 aliphatic carbocycles. The van der Waals surface area contributed by atoms with Gasteiger partial charge in [0.2, 0.25) is 17.8 Å². The fourth-order valence-corrected chi connectivity index (χ4v) is 4.30. The van der Waals surface area contributed by atoms with Gasteiger partial charge in [-0.3, -0.25) is 14.9 Å². The maximum absolute atomic E-state index is 12.1. The molecule has 0 radical (unpaired) electrons. The van der Waals surface area contributed by atoms with Crippen molar-refractivity contribution in [2.75, 3.05) is 6.54 Å². The van der Waals surface area contributed by atoms with Gasteiger partial charge in [-0.2, -0.15) is 0 Å². The molecule has 2 N–H and O–H groups in total. The Morgan fingerprint density at radius 3 is 2.97 bits per heavy atom. The molecular weight excluding hydrogens is 368 g/mol. The monoisotopic (exact) mass is 398 g/mol. The summed E-state index contributed by atoms with van der Waals surface area (Å²) in [5.74, 6) is 1.59. The van der Waals surface area contributed by atoms with Gasteiger partial charge < -0.3 is 15.0 Å². The standard InChI is InChI=1S/C22H30N4O3/c1-15(6-5-9-20(27)23-17-7-3-2-4-8-17)29-18-10-11-19-16(12-18)13-26-14-21(28)25-22(26)24-19/h10-12,15,17H,2-9,13-14H2,1H3,(H,23,27)(H,24,25,28).